The van der Waals surface area contributed by atoms with Crippen molar-refractivity contribution in [2.75, 3.05) is 33.9 Å². The van der Waals surface area contributed by atoms with Crippen molar-refractivity contribution in [2.24, 2.45) is 5.41 Å². The molecule has 0 bridgehead atoms. The van der Waals surface area contributed by atoms with Crippen molar-refractivity contribution >= 4 is 5.91 Å². The number of benzene rings is 1. The van der Waals surface area contributed by atoms with Gasteiger partial charge in [0.1, 0.15) is 0 Å². The van der Waals surface area contributed by atoms with Gasteiger partial charge in [0.05, 0.1) is 13.2 Å². The van der Waals surface area contributed by atoms with Crippen molar-refractivity contribution in [3.63, 3.8) is 0 Å². The van der Waals surface area contributed by atoms with E-state index in [1.54, 1.807) is 19.2 Å². The van der Waals surface area contributed by atoms with Gasteiger partial charge in [0.15, 0.2) is 0 Å². The first kappa shape index (κ1) is 16.6. The van der Waals surface area contributed by atoms with Gasteiger partial charge in [-0.1, -0.05) is 19.1 Å². The molecule has 112 valence electrons. The van der Waals surface area contributed by atoms with Crippen LogP contribution in [-0.4, -0.2) is 54.9 Å². The van der Waals surface area contributed by atoms with Crippen molar-refractivity contribution in [2.45, 2.75) is 13.5 Å². The quantitative estimate of drug-likeness (QED) is 0.679. The number of amides is 1. The van der Waals surface area contributed by atoms with Crippen LogP contribution >= 0.6 is 0 Å². The Morgan fingerprint density at radius 3 is 2.25 bits per heavy atom. The molecule has 20 heavy (non-hydrogen) atoms. The Kier molecular flexibility index (Phi) is 6.13. The lowest BCUT2D eigenvalue weighted by Crippen LogP contribution is -2.38. The van der Waals surface area contributed by atoms with E-state index >= 15 is 0 Å². The maximum absolute atomic E-state index is 11.4. The maximum Gasteiger partial charge on any atom is 0.251 e. The number of nitrogens with zero attached hydrogens (tertiary/aromatic N) is 1. The van der Waals surface area contributed by atoms with Gasteiger partial charge in [-0.2, -0.15) is 0 Å². The second kappa shape index (κ2) is 7.38. The van der Waals surface area contributed by atoms with Gasteiger partial charge in [-0.05, 0) is 24.7 Å². The van der Waals surface area contributed by atoms with Crippen LogP contribution in [-0.2, 0) is 6.54 Å². The number of carbonyl (C=O) groups is 1. The van der Waals surface area contributed by atoms with Gasteiger partial charge < -0.3 is 20.4 Å². The van der Waals surface area contributed by atoms with Gasteiger partial charge in [-0.25, -0.2) is 0 Å². The SMILES string of the molecule is CNC(=O)c1ccc(CN(C)CC(C)(CO)CO)cc1. The van der Waals surface area contributed by atoms with Gasteiger partial charge in [0, 0.05) is 31.1 Å². The number of aliphatic hydroxyl groups excluding tert-OH is 2. The van der Waals surface area contributed by atoms with Gasteiger partial charge in [0.2, 0.25) is 0 Å². The fraction of sp³-hybridized carbons (Fsp3) is 0.533. The van der Waals surface area contributed by atoms with Crippen LogP contribution in [0.4, 0.5) is 0 Å². The molecule has 1 aromatic rings. The summed E-state index contributed by atoms with van der Waals surface area (Å²) in [6.07, 6.45) is 0. The Morgan fingerprint density at radius 2 is 1.80 bits per heavy atom. The standard InChI is InChI=1S/C15H24N2O3/c1-15(10-18,11-19)9-17(3)8-12-4-6-13(7-5-12)14(20)16-2/h4-7,18-19H,8-11H2,1-3H3,(H,16,20). The van der Waals surface area contributed by atoms with E-state index in [1.807, 2.05) is 31.0 Å². The Morgan fingerprint density at radius 1 is 1.25 bits per heavy atom. The number of hydrogen-bond acceptors (Lipinski definition) is 4. The fourth-order valence-electron chi connectivity index (χ4n) is 2.08. The zero-order valence-electron chi connectivity index (χ0n) is 12.4. The minimum atomic E-state index is -0.503. The molecule has 0 saturated heterocycles. The number of aliphatic hydroxyl groups is 2. The van der Waals surface area contributed by atoms with E-state index in [4.69, 9.17) is 0 Å². The summed E-state index contributed by atoms with van der Waals surface area (Å²) in [6, 6.07) is 7.41. The average molecular weight is 280 g/mol. The molecular formula is C15H24N2O3. The first-order valence-electron chi connectivity index (χ1n) is 6.65. The topological polar surface area (TPSA) is 72.8 Å². The number of hydrogen-bond donors (Lipinski definition) is 3. The molecule has 1 aromatic carbocycles. The Bertz CT molecular complexity index is 427. The van der Waals surface area contributed by atoms with Gasteiger partial charge in [0.25, 0.3) is 5.91 Å². The van der Waals surface area contributed by atoms with Crippen LogP contribution in [0.1, 0.15) is 22.8 Å². The van der Waals surface area contributed by atoms with Gasteiger partial charge in [-0.15, -0.1) is 0 Å². The lowest BCUT2D eigenvalue weighted by molar-refractivity contribution is 0.0402. The Hall–Kier alpha value is -1.43. The van der Waals surface area contributed by atoms with Crippen LogP contribution in [0.5, 0.6) is 0 Å². The first-order valence-corrected chi connectivity index (χ1v) is 6.65. The van der Waals surface area contributed by atoms with E-state index in [0.29, 0.717) is 18.7 Å². The third-order valence-corrected chi connectivity index (χ3v) is 3.31. The Labute approximate surface area is 120 Å². The average Bonchev–Trinajstić information content (AvgIpc) is 2.46. The molecule has 0 aromatic heterocycles. The van der Waals surface area contributed by atoms with Crippen molar-refractivity contribution in [1.82, 2.24) is 10.2 Å². The summed E-state index contributed by atoms with van der Waals surface area (Å²) < 4.78 is 0. The summed E-state index contributed by atoms with van der Waals surface area (Å²) in [6.45, 7) is 3.03. The summed E-state index contributed by atoms with van der Waals surface area (Å²) in [5.41, 5.74) is 1.21. The molecule has 0 aliphatic rings. The summed E-state index contributed by atoms with van der Waals surface area (Å²) in [5, 5.41) is 21.2. The lowest BCUT2D eigenvalue weighted by atomic mass is 9.92. The zero-order valence-corrected chi connectivity index (χ0v) is 12.4. The fourth-order valence-corrected chi connectivity index (χ4v) is 2.08. The van der Waals surface area contributed by atoms with Crippen molar-refractivity contribution < 1.29 is 15.0 Å². The number of nitrogens with one attached hydrogen (secondary N) is 1. The van der Waals surface area contributed by atoms with Crippen molar-refractivity contribution in [3.05, 3.63) is 35.4 Å². The third-order valence-electron chi connectivity index (χ3n) is 3.31. The second-order valence-electron chi connectivity index (χ2n) is 5.58. The number of carbonyl (C=O) groups excluding carboxylic acids is 1. The van der Waals surface area contributed by atoms with Gasteiger partial charge in [-0.3, -0.25) is 4.79 Å². The first-order chi connectivity index (χ1) is 9.44. The van der Waals surface area contributed by atoms with Crippen molar-refractivity contribution in [1.29, 1.82) is 0 Å². The molecule has 1 amide bonds. The highest BCUT2D eigenvalue weighted by atomic mass is 16.3. The summed E-state index contributed by atoms with van der Waals surface area (Å²) in [7, 11) is 3.55. The lowest BCUT2D eigenvalue weighted by Gasteiger charge is -2.30. The summed E-state index contributed by atoms with van der Waals surface area (Å²) in [5.74, 6) is -0.0990. The van der Waals surface area contributed by atoms with Crippen LogP contribution in [0.15, 0.2) is 24.3 Å². The normalized spacial score (nSPS) is 11.7. The van der Waals surface area contributed by atoms with Gasteiger partial charge >= 0.3 is 0 Å². The number of rotatable bonds is 7. The van der Waals surface area contributed by atoms with Crippen LogP contribution in [0.2, 0.25) is 0 Å². The van der Waals surface area contributed by atoms with E-state index in [0.717, 1.165) is 5.56 Å². The minimum Gasteiger partial charge on any atom is -0.396 e. The largest absolute Gasteiger partial charge is 0.396 e. The van der Waals surface area contributed by atoms with Crippen LogP contribution < -0.4 is 5.32 Å². The van der Waals surface area contributed by atoms with Crippen LogP contribution in [0, 0.1) is 5.41 Å². The predicted molar refractivity (Wildman–Crippen MR) is 78.4 cm³/mol. The molecule has 0 heterocycles. The molecular weight excluding hydrogens is 256 g/mol. The highest BCUT2D eigenvalue weighted by molar-refractivity contribution is 5.93. The van der Waals surface area contributed by atoms with E-state index in [9.17, 15) is 15.0 Å². The second-order valence-corrected chi connectivity index (χ2v) is 5.58. The van der Waals surface area contributed by atoms with E-state index in [-0.39, 0.29) is 19.1 Å². The predicted octanol–water partition coefficient (Wildman–Crippen LogP) is 0.469. The van der Waals surface area contributed by atoms with Crippen LogP contribution in [0.3, 0.4) is 0 Å². The molecule has 0 unspecified atom stereocenters. The Balaban J connectivity index is 2.62. The molecule has 0 radical (unpaired) electrons. The minimum absolute atomic E-state index is 0.0521. The zero-order chi connectivity index (χ0) is 15.2. The van der Waals surface area contributed by atoms with E-state index in [1.165, 1.54) is 0 Å². The highest BCUT2D eigenvalue weighted by Crippen LogP contribution is 2.17. The smallest absolute Gasteiger partial charge is 0.251 e. The molecule has 5 nitrogen and oxygen atoms in total. The summed E-state index contributed by atoms with van der Waals surface area (Å²) in [4.78, 5) is 13.5. The van der Waals surface area contributed by atoms with Crippen LogP contribution in [0.25, 0.3) is 0 Å². The summed E-state index contributed by atoms with van der Waals surface area (Å²) >= 11 is 0. The molecule has 3 N–H and O–H groups in total. The third kappa shape index (κ3) is 4.59. The van der Waals surface area contributed by atoms with E-state index in [2.05, 4.69) is 5.32 Å². The molecule has 0 aliphatic heterocycles. The highest BCUT2D eigenvalue weighted by Gasteiger charge is 2.24. The molecule has 5 heteroatoms. The molecule has 0 fully saturated rings. The molecule has 0 atom stereocenters. The van der Waals surface area contributed by atoms with Crippen molar-refractivity contribution in [3.8, 4) is 0 Å². The molecule has 0 saturated carbocycles. The maximum atomic E-state index is 11.4. The monoisotopic (exact) mass is 280 g/mol. The van der Waals surface area contributed by atoms with E-state index < -0.39 is 5.41 Å². The molecule has 1 rings (SSSR count). The molecule has 0 spiro atoms. The molecule has 0 aliphatic carbocycles.